The predicted octanol–water partition coefficient (Wildman–Crippen LogP) is 3.70. The van der Waals surface area contributed by atoms with E-state index in [4.69, 9.17) is 9.47 Å². The van der Waals surface area contributed by atoms with Crippen LogP contribution in [-0.2, 0) is 14.3 Å². The van der Waals surface area contributed by atoms with Crippen LogP contribution in [0.3, 0.4) is 0 Å². The van der Waals surface area contributed by atoms with E-state index in [2.05, 4.69) is 5.32 Å². The van der Waals surface area contributed by atoms with E-state index in [1.54, 1.807) is 25.0 Å². The number of nitrogens with zero attached hydrogens (tertiary/aromatic N) is 2. The van der Waals surface area contributed by atoms with E-state index in [-0.39, 0.29) is 29.9 Å². The van der Waals surface area contributed by atoms with Crippen molar-refractivity contribution in [2.24, 2.45) is 5.92 Å². The highest BCUT2D eigenvalue weighted by Crippen LogP contribution is 2.34. The van der Waals surface area contributed by atoms with Gasteiger partial charge in [-0.15, -0.1) is 0 Å². The van der Waals surface area contributed by atoms with Crippen molar-refractivity contribution in [1.82, 2.24) is 9.80 Å². The molecule has 0 radical (unpaired) electrons. The van der Waals surface area contributed by atoms with Crippen LogP contribution < -0.4 is 5.32 Å². The maximum Gasteiger partial charge on any atom is 0.309 e. The van der Waals surface area contributed by atoms with E-state index in [0.717, 1.165) is 17.7 Å². The lowest BCUT2D eigenvalue weighted by atomic mass is 9.96. The third-order valence-electron chi connectivity index (χ3n) is 6.62. The van der Waals surface area contributed by atoms with Crippen molar-refractivity contribution < 1.29 is 23.9 Å². The number of carbonyl (C=O) groups is 3. The molecule has 1 N–H and O–H groups in total. The first kappa shape index (κ1) is 24.7. The number of likely N-dealkylation sites (tertiary alicyclic amines) is 1. The van der Waals surface area contributed by atoms with Gasteiger partial charge in [0.15, 0.2) is 0 Å². The number of amides is 2. The van der Waals surface area contributed by atoms with Gasteiger partial charge in [-0.1, -0.05) is 24.3 Å². The van der Waals surface area contributed by atoms with Gasteiger partial charge in [-0.05, 0) is 50.5 Å². The minimum absolute atomic E-state index is 0.00842. The standard InChI is InChI=1S/C27H33N3O5/c1-3-35-27(33)19-12-15-29(16-13-19)25(31)20-8-6-9-21(18-20)28-24-22-10-4-5-11-23(22)26(32)30(24)14-7-17-34-2/h4-6,8-11,18-19,24,28H,3,7,12-17H2,1-2H3. The Hall–Kier alpha value is -3.39. The van der Waals surface area contributed by atoms with Gasteiger partial charge in [0.2, 0.25) is 0 Å². The first-order chi connectivity index (χ1) is 17.0. The van der Waals surface area contributed by atoms with Crippen molar-refractivity contribution in [2.75, 3.05) is 45.3 Å². The van der Waals surface area contributed by atoms with Crippen molar-refractivity contribution >= 4 is 23.5 Å². The Bertz CT molecular complexity index is 1060. The van der Waals surface area contributed by atoms with E-state index in [0.29, 0.717) is 56.8 Å². The van der Waals surface area contributed by atoms with Gasteiger partial charge < -0.3 is 24.6 Å². The number of nitrogens with one attached hydrogen (secondary N) is 1. The fourth-order valence-corrected chi connectivity index (χ4v) is 4.80. The SMILES string of the molecule is CCOC(=O)C1CCN(C(=O)c2cccc(NC3c4ccccc4C(=O)N3CCCOC)c2)CC1. The molecule has 2 amide bonds. The van der Waals surface area contributed by atoms with E-state index >= 15 is 0 Å². The molecule has 1 unspecified atom stereocenters. The second kappa shape index (κ2) is 11.4. The summed E-state index contributed by atoms with van der Waals surface area (Å²) in [4.78, 5) is 41.8. The Morgan fingerprint density at radius 2 is 1.86 bits per heavy atom. The third-order valence-corrected chi connectivity index (χ3v) is 6.62. The Morgan fingerprint density at radius 1 is 1.09 bits per heavy atom. The molecule has 1 fully saturated rings. The third kappa shape index (κ3) is 5.48. The molecule has 8 nitrogen and oxygen atoms in total. The summed E-state index contributed by atoms with van der Waals surface area (Å²) in [5.41, 5.74) is 2.96. The van der Waals surface area contributed by atoms with Gasteiger partial charge in [0.1, 0.15) is 6.17 Å². The molecular formula is C27H33N3O5. The van der Waals surface area contributed by atoms with Crippen molar-refractivity contribution in [3.63, 3.8) is 0 Å². The lowest BCUT2D eigenvalue weighted by Crippen LogP contribution is -2.40. The molecular weight excluding hydrogens is 446 g/mol. The molecule has 0 spiro atoms. The van der Waals surface area contributed by atoms with Crippen LogP contribution in [0.4, 0.5) is 5.69 Å². The molecule has 8 heteroatoms. The number of carbonyl (C=O) groups excluding carboxylic acids is 3. The second-order valence-electron chi connectivity index (χ2n) is 8.88. The summed E-state index contributed by atoms with van der Waals surface area (Å²) < 4.78 is 10.3. The molecule has 4 rings (SSSR count). The highest BCUT2D eigenvalue weighted by atomic mass is 16.5. The monoisotopic (exact) mass is 479 g/mol. The maximum absolute atomic E-state index is 13.2. The van der Waals surface area contributed by atoms with Crippen LogP contribution in [-0.4, -0.2) is 67.5 Å². The lowest BCUT2D eigenvalue weighted by Gasteiger charge is -2.31. The Labute approximate surface area is 206 Å². The molecule has 0 aromatic heterocycles. The molecule has 1 saturated heterocycles. The van der Waals surface area contributed by atoms with Crippen LogP contribution in [0.25, 0.3) is 0 Å². The lowest BCUT2D eigenvalue weighted by molar-refractivity contribution is -0.149. The molecule has 35 heavy (non-hydrogen) atoms. The number of piperidine rings is 1. The number of hydrogen-bond donors (Lipinski definition) is 1. The summed E-state index contributed by atoms with van der Waals surface area (Å²) in [7, 11) is 1.65. The number of fused-ring (bicyclic) bond motifs is 1. The quantitative estimate of drug-likeness (QED) is 0.436. The number of ether oxygens (including phenoxy) is 2. The molecule has 2 aliphatic rings. The second-order valence-corrected chi connectivity index (χ2v) is 8.88. The Balaban J connectivity index is 1.46. The number of hydrogen-bond acceptors (Lipinski definition) is 6. The van der Waals surface area contributed by atoms with Crippen molar-refractivity contribution in [2.45, 2.75) is 32.4 Å². The zero-order chi connectivity index (χ0) is 24.8. The van der Waals surface area contributed by atoms with E-state index in [1.807, 2.05) is 47.4 Å². The van der Waals surface area contributed by atoms with Gasteiger partial charge in [-0.25, -0.2) is 0 Å². The topological polar surface area (TPSA) is 88.2 Å². The average Bonchev–Trinajstić information content (AvgIpc) is 3.15. The number of benzene rings is 2. The molecule has 2 aliphatic heterocycles. The number of methoxy groups -OCH3 is 1. The minimum Gasteiger partial charge on any atom is -0.466 e. The largest absolute Gasteiger partial charge is 0.466 e. The van der Waals surface area contributed by atoms with Crippen LogP contribution in [0, 0.1) is 5.92 Å². The average molecular weight is 480 g/mol. The van der Waals surface area contributed by atoms with Crippen LogP contribution >= 0.6 is 0 Å². The normalized spacial score (nSPS) is 17.9. The van der Waals surface area contributed by atoms with Crippen LogP contribution in [0.5, 0.6) is 0 Å². The fraction of sp³-hybridized carbons (Fsp3) is 0.444. The molecule has 2 aromatic rings. The zero-order valence-electron chi connectivity index (χ0n) is 20.4. The van der Waals surface area contributed by atoms with E-state index in [1.165, 1.54) is 0 Å². The van der Waals surface area contributed by atoms with Gasteiger partial charge >= 0.3 is 5.97 Å². The van der Waals surface area contributed by atoms with E-state index < -0.39 is 0 Å². The molecule has 0 saturated carbocycles. The fourth-order valence-electron chi connectivity index (χ4n) is 4.80. The zero-order valence-corrected chi connectivity index (χ0v) is 20.4. The molecule has 0 aliphatic carbocycles. The van der Waals surface area contributed by atoms with Crippen LogP contribution in [0.1, 0.15) is 58.6 Å². The summed E-state index contributed by atoms with van der Waals surface area (Å²) in [6.07, 6.45) is 1.63. The molecule has 1 atom stereocenters. The molecule has 186 valence electrons. The van der Waals surface area contributed by atoms with Gasteiger partial charge in [0.25, 0.3) is 11.8 Å². The van der Waals surface area contributed by atoms with Gasteiger partial charge in [0, 0.05) is 55.7 Å². The summed E-state index contributed by atoms with van der Waals surface area (Å²) in [5, 5.41) is 3.47. The predicted molar refractivity (Wildman–Crippen MR) is 132 cm³/mol. The highest BCUT2D eigenvalue weighted by Gasteiger charge is 2.36. The smallest absolute Gasteiger partial charge is 0.309 e. The molecule has 2 heterocycles. The Kier molecular flexibility index (Phi) is 8.02. The van der Waals surface area contributed by atoms with Gasteiger partial charge in [-0.2, -0.15) is 0 Å². The van der Waals surface area contributed by atoms with Gasteiger partial charge in [-0.3, -0.25) is 14.4 Å². The number of esters is 1. The summed E-state index contributed by atoms with van der Waals surface area (Å²) in [6.45, 7) is 4.36. The molecule has 2 aromatic carbocycles. The number of rotatable bonds is 9. The van der Waals surface area contributed by atoms with Crippen LogP contribution in [0.15, 0.2) is 48.5 Å². The van der Waals surface area contributed by atoms with Crippen molar-refractivity contribution in [1.29, 1.82) is 0 Å². The van der Waals surface area contributed by atoms with Crippen LogP contribution in [0.2, 0.25) is 0 Å². The van der Waals surface area contributed by atoms with Crippen molar-refractivity contribution in [3.05, 3.63) is 65.2 Å². The summed E-state index contributed by atoms with van der Waals surface area (Å²) in [6, 6.07) is 15.0. The first-order valence-corrected chi connectivity index (χ1v) is 12.2. The van der Waals surface area contributed by atoms with Crippen molar-refractivity contribution in [3.8, 4) is 0 Å². The first-order valence-electron chi connectivity index (χ1n) is 12.2. The van der Waals surface area contributed by atoms with Gasteiger partial charge in [0.05, 0.1) is 12.5 Å². The van der Waals surface area contributed by atoms with E-state index in [9.17, 15) is 14.4 Å². The molecule has 0 bridgehead atoms. The minimum atomic E-state index is -0.318. The maximum atomic E-state index is 13.2. The highest BCUT2D eigenvalue weighted by molar-refractivity contribution is 5.99. The summed E-state index contributed by atoms with van der Waals surface area (Å²) >= 11 is 0. The Morgan fingerprint density at radius 3 is 2.60 bits per heavy atom. The summed E-state index contributed by atoms with van der Waals surface area (Å²) in [5.74, 6) is -0.384. The number of anilines is 1.